The maximum absolute atomic E-state index is 11.5. The summed E-state index contributed by atoms with van der Waals surface area (Å²) in [6.07, 6.45) is 0.776. The minimum Gasteiger partial charge on any atom is -0.507 e. The number of rotatable bonds is 2. The molecule has 0 radical (unpaired) electrons. The fourth-order valence-electron chi connectivity index (χ4n) is 2.07. The van der Waals surface area contributed by atoms with E-state index in [1.165, 1.54) is 13.0 Å². The molecule has 0 aliphatic carbocycles. The van der Waals surface area contributed by atoms with Crippen LogP contribution in [0.5, 0.6) is 5.75 Å². The molecule has 16 heavy (non-hydrogen) atoms. The van der Waals surface area contributed by atoms with Gasteiger partial charge in [0.15, 0.2) is 5.78 Å². The zero-order chi connectivity index (χ0) is 11.9. The number of ketones is 1. The van der Waals surface area contributed by atoms with Crippen LogP contribution in [0.15, 0.2) is 16.5 Å². The minimum absolute atomic E-state index is 0.0200. The quantitative estimate of drug-likeness (QED) is 0.787. The largest absolute Gasteiger partial charge is 0.507 e. The zero-order valence-electron chi connectivity index (χ0n) is 9.63. The third-order valence-electron chi connectivity index (χ3n) is 2.84. The molecule has 2 rings (SSSR count). The summed E-state index contributed by atoms with van der Waals surface area (Å²) < 4.78 is 5.63. The summed E-state index contributed by atoms with van der Waals surface area (Å²) in [5.41, 5.74) is 1.97. The molecule has 1 aromatic heterocycles. The van der Waals surface area contributed by atoms with Gasteiger partial charge in [0.05, 0.1) is 5.56 Å². The van der Waals surface area contributed by atoms with Crippen LogP contribution in [0.4, 0.5) is 0 Å². The topological polar surface area (TPSA) is 50.4 Å². The van der Waals surface area contributed by atoms with Gasteiger partial charge in [0.25, 0.3) is 0 Å². The average molecular weight is 218 g/mol. The zero-order valence-corrected chi connectivity index (χ0v) is 9.63. The second kappa shape index (κ2) is 3.67. The summed E-state index contributed by atoms with van der Waals surface area (Å²) in [5, 5.41) is 10.5. The van der Waals surface area contributed by atoms with E-state index < -0.39 is 0 Å². The van der Waals surface area contributed by atoms with E-state index in [-0.39, 0.29) is 11.5 Å². The predicted molar refractivity (Wildman–Crippen MR) is 62.0 cm³/mol. The highest BCUT2D eigenvalue weighted by Gasteiger charge is 2.18. The van der Waals surface area contributed by atoms with Gasteiger partial charge in [-0.15, -0.1) is 0 Å². The molecule has 2 aromatic rings. The Labute approximate surface area is 93.7 Å². The highest BCUT2D eigenvalue weighted by Crippen LogP contribution is 2.33. The minimum atomic E-state index is -0.144. The van der Waals surface area contributed by atoms with Gasteiger partial charge in [0.2, 0.25) is 0 Å². The average Bonchev–Trinajstić information content (AvgIpc) is 2.55. The third-order valence-corrected chi connectivity index (χ3v) is 2.84. The van der Waals surface area contributed by atoms with Crippen molar-refractivity contribution < 1.29 is 14.3 Å². The van der Waals surface area contributed by atoms with E-state index in [9.17, 15) is 9.90 Å². The van der Waals surface area contributed by atoms with Crippen molar-refractivity contribution in [3.8, 4) is 5.75 Å². The van der Waals surface area contributed by atoms with Gasteiger partial charge in [-0.2, -0.15) is 0 Å². The predicted octanol–water partition coefficient (Wildman–Crippen LogP) is 3.21. The standard InChI is InChI=1S/C13H14O3/c1-4-10-7(2)12-11(16-10)6-5-9(15)13(12)8(3)14/h5-6,15H,4H2,1-3H3. The van der Waals surface area contributed by atoms with E-state index in [0.29, 0.717) is 11.1 Å². The molecule has 0 saturated carbocycles. The van der Waals surface area contributed by atoms with Gasteiger partial charge in [-0.25, -0.2) is 0 Å². The van der Waals surface area contributed by atoms with Crippen LogP contribution in [0.2, 0.25) is 0 Å². The molecule has 1 N–H and O–H groups in total. The number of Topliss-reactive ketones (excluding diaryl/α,β-unsaturated/α-hetero) is 1. The van der Waals surface area contributed by atoms with Crippen LogP contribution in [0, 0.1) is 6.92 Å². The molecular weight excluding hydrogens is 204 g/mol. The van der Waals surface area contributed by atoms with Crippen molar-refractivity contribution in [1.29, 1.82) is 0 Å². The van der Waals surface area contributed by atoms with Crippen molar-refractivity contribution >= 4 is 16.8 Å². The summed E-state index contributed by atoms with van der Waals surface area (Å²) in [6.45, 7) is 5.36. The molecule has 0 fully saturated rings. The lowest BCUT2D eigenvalue weighted by Gasteiger charge is -2.02. The Balaban J connectivity index is 2.91. The van der Waals surface area contributed by atoms with Crippen molar-refractivity contribution in [2.75, 3.05) is 0 Å². The second-order valence-corrected chi connectivity index (χ2v) is 3.89. The highest BCUT2D eigenvalue weighted by atomic mass is 16.3. The lowest BCUT2D eigenvalue weighted by atomic mass is 10.0. The van der Waals surface area contributed by atoms with E-state index in [2.05, 4.69) is 0 Å². The van der Waals surface area contributed by atoms with Crippen LogP contribution >= 0.6 is 0 Å². The van der Waals surface area contributed by atoms with E-state index in [1.54, 1.807) is 6.07 Å². The number of hydrogen-bond acceptors (Lipinski definition) is 3. The Morgan fingerprint density at radius 2 is 2.12 bits per heavy atom. The molecule has 1 heterocycles. The lowest BCUT2D eigenvalue weighted by molar-refractivity contribution is 0.101. The molecule has 0 saturated heterocycles. The molecule has 0 atom stereocenters. The van der Waals surface area contributed by atoms with Crippen LogP contribution in [0.25, 0.3) is 11.0 Å². The van der Waals surface area contributed by atoms with Gasteiger partial charge in [0.1, 0.15) is 17.1 Å². The first-order valence-corrected chi connectivity index (χ1v) is 5.31. The molecule has 0 aliphatic rings. The molecule has 1 aromatic carbocycles. The fourth-order valence-corrected chi connectivity index (χ4v) is 2.07. The second-order valence-electron chi connectivity index (χ2n) is 3.89. The van der Waals surface area contributed by atoms with E-state index in [0.717, 1.165) is 23.1 Å². The molecular formula is C13H14O3. The Morgan fingerprint density at radius 3 is 2.69 bits per heavy atom. The number of carbonyl (C=O) groups is 1. The van der Waals surface area contributed by atoms with Gasteiger partial charge < -0.3 is 9.52 Å². The van der Waals surface area contributed by atoms with Crippen molar-refractivity contribution in [3.05, 3.63) is 29.0 Å². The van der Waals surface area contributed by atoms with Crippen molar-refractivity contribution in [2.45, 2.75) is 27.2 Å². The summed E-state index contributed by atoms with van der Waals surface area (Å²) >= 11 is 0. The maximum Gasteiger partial charge on any atom is 0.164 e. The monoisotopic (exact) mass is 218 g/mol. The van der Waals surface area contributed by atoms with E-state index in [1.807, 2.05) is 13.8 Å². The normalized spacial score (nSPS) is 10.9. The number of aromatic hydroxyl groups is 1. The SMILES string of the molecule is CCc1oc2ccc(O)c(C(C)=O)c2c1C. The van der Waals surface area contributed by atoms with Crippen LogP contribution in [-0.2, 0) is 6.42 Å². The van der Waals surface area contributed by atoms with Gasteiger partial charge in [-0.1, -0.05) is 6.92 Å². The molecule has 3 nitrogen and oxygen atoms in total. The van der Waals surface area contributed by atoms with Crippen LogP contribution in [-0.4, -0.2) is 10.9 Å². The van der Waals surface area contributed by atoms with Gasteiger partial charge >= 0.3 is 0 Å². The fraction of sp³-hybridized carbons (Fsp3) is 0.308. The number of phenols is 1. The first-order chi connectivity index (χ1) is 7.56. The molecule has 0 amide bonds. The molecule has 0 aliphatic heterocycles. The van der Waals surface area contributed by atoms with Crippen molar-refractivity contribution in [2.24, 2.45) is 0 Å². The number of benzene rings is 1. The van der Waals surface area contributed by atoms with Crippen LogP contribution in [0.1, 0.15) is 35.5 Å². The molecule has 0 unspecified atom stereocenters. The number of hydrogen-bond donors (Lipinski definition) is 1. The lowest BCUT2D eigenvalue weighted by Crippen LogP contribution is -1.94. The molecule has 0 bridgehead atoms. The first kappa shape index (κ1) is 10.7. The number of aryl methyl sites for hydroxylation is 2. The molecule has 3 heteroatoms. The number of phenolic OH excluding ortho intramolecular Hbond substituents is 1. The Hall–Kier alpha value is -1.77. The Kier molecular flexibility index (Phi) is 2.46. The van der Waals surface area contributed by atoms with Gasteiger partial charge in [-0.3, -0.25) is 4.79 Å². The third kappa shape index (κ3) is 1.40. The number of carbonyl (C=O) groups excluding carboxylic acids is 1. The Morgan fingerprint density at radius 1 is 1.44 bits per heavy atom. The van der Waals surface area contributed by atoms with Crippen molar-refractivity contribution in [1.82, 2.24) is 0 Å². The summed E-state index contributed by atoms with van der Waals surface area (Å²) in [5.74, 6) is 0.740. The van der Waals surface area contributed by atoms with E-state index >= 15 is 0 Å². The van der Waals surface area contributed by atoms with Crippen molar-refractivity contribution in [3.63, 3.8) is 0 Å². The number of furan rings is 1. The Bertz CT molecular complexity index is 564. The first-order valence-electron chi connectivity index (χ1n) is 5.31. The van der Waals surface area contributed by atoms with Crippen LogP contribution in [0.3, 0.4) is 0 Å². The smallest absolute Gasteiger partial charge is 0.164 e. The summed E-state index contributed by atoms with van der Waals surface area (Å²) in [4.78, 5) is 11.5. The van der Waals surface area contributed by atoms with Gasteiger partial charge in [-0.05, 0) is 31.5 Å². The molecule has 0 spiro atoms. The maximum atomic E-state index is 11.5. The summed E-state index contributed by atoms with van der Waals surface area (Å²) in [6, 6.07) is 3.20. The van der Waals surface area contributed by atoms with Crippen LogP contribution < -0.4 is 0 Å². The van der Waals surface area contributed by atoms with E-state index in [4.69, 9.17) is 4.42 Å². The number of fused-ring (bicyclic) bond motifs is 1. The highest BCUT2D eigenvalue weighted by molar-refractivity contribution is 6.09. The summed E-state index contributed by atoms with van der Waals surface area (Å²) in [7, 11) is 0. The molecule has 84 valence electrons. The van der Waals surface area contributed by atoms with Gasteiger partial charge in [0, 0.05) is 11.8 Å².